The van der Waals surface area contributed by atoms with Crippen LogP contribution in [0.15, 0.2) is 11.6 Å². The summed E-state index contributed by atoms with van der Waals surface area (Å²) in [6, 6.07) is -0.521. The van der Waals surface area contributed by atoms with Gasteiger partial charge in [-0.15, -0.1) is 0 Å². The number of hydrogen-bond donors (Lipinski definition) is 0. The van der Waals surface area contributed by atoms with Gasteiger partial charge in [-0.2, -0.15) is 0 Å². The van der Waals surface area contributed by atoms with Crippen LogP contribution >= 0.6 is 0 Å². The molecular formula is C16H25NO5. The normalized spacial score (nSPS) is 20.5. The van der Waals surface area contributed by atoms with E-state index in [2.05, 4.69) is 0 Å². The Morgan fingerprint density at radius 3 is 2.09 bits per heavy atom. The molecule has 1 rings (SSSR count). The van der Waals surface area contributed by atoms with Crippen molar-refractivity contribution in [2.75, 3.05) is 6.61 Å². The van der Waals surface area contributed by atoms with Gasteiger partial charge >= 0.3 is 6.09 Å². The Morgan fingerprint density at radius 2 is 1.68 bits per heavy atom. The third-order valence-corrected chi connectivity index (χ3v) is 3.23. The van der Waals surface area contributed by atoms with Crippen molar-refractivity contribution in [2.45, 2.75) is 65.8 Å². The minimum Gasteiger partial charge on any atom is -0.444 e. The SMILES string of the molecule is CC(=O)C(=C[C@@H]1COC(C)(C)N1C(=O)OC(C)(C)C)C(C)=O. The summed E-state index contributed by atoms with van der Waals surface area (Å²) >= 11 is 0. The van der Waals surface area contributed by atoms with Gasteiger partial charge < -0.3 is 9.47 Å². The summed E-state index contributed by atoms with van der Waals surface area (Å²) < 4.78 is 11.0. The Balaban J connectivity index is 3.14. The molecule has 1 amide bonds. The van der Waals surface area contributed by atoms with Crippen LogP contribution in [0.3, 0.4) is 0 Å². The van der Waals surface area contributed by atoms with E-state index in [1.807, 2.05) is 0 Å². The predicted octanol–water partition coefficient (Wildman–Crippen LogP) is 2.46. The molecule has 124 valence electrons. The number of ether oxygens (including phenoxy) is 2. The maximum atomic E-state index is 12.4. The van der Waals surface area contributed by atoms with Crippen molar-refractivity contribution in [3.8, 4) is 0 Å². The third-order valence-electron chi connectivity index (χ3n) is 3.23. The molecule has 22 heavy (non-hydrogen) atoms. The van der Waals surface area contributed by atoms with Crippen LogP contribution in [0.5, 0.6) is 0 Å². The molecule has 0 aromatic rings. The largest absolute Gasteiger partial charge is 0.444 e. The zero-order chi connectivity index (χ0) is 17.3. The van der Waals surface area contributed by atoms with E-state index in [-0.39, 0.29) is 23.7 Å². The summed E-state index contributed by atoms with van der Waals surface area (Å²) in [6.45, 7) is 11.7. The van der Waals surface area contributed by atoms with Gasteiger partial charge in [0.2, 0.25) is 0 Å². The molecule has 0 aromatic heterocycles. The molecular weight excluding hydrogens is 286 g/mol. The van der Waals surface area contributed by atoms with E-state index in [0.29, 0.717) is 0 Å². The standard InChI is InChI=1S/C16H25NO5/c1-10(18)13(11(2)19)8-12-9-21-16(6,7)17(12)14(20)22-15(3,4)5/h8,12H,9H2,1-7H3/t12-/m1/s1. The van der Waals surface area contributed by atoms with E-state index < -0.39 is 23.5 Å². The van der Waals surface area contributed by atoms with Crippen molar-refractivity contribution in [2.24, 2.45) is 0 Å². The Labute approximate surface area is 131 Å². The van der Waals surface area contributed by atoms with Crippen LogP contribution in [0, 0.1) is 0 Å². The first-order valence-corrected chi connectivity index (χ1v) is 7.25. The molecule has 1 heterocycles. The number of rotatable bonds is 3. The maximum absolute atomic E-state index is 12.4. The maximum Gasteiger partial charge on any atom is 0.413 e. The highest BCUT2D eigenvalue weighted by Crippen LogP contribution is 2.30. The first-order chi connectivity index (χ1) is 9.85. The van der Waals surface area contributed by atoms with Gasteiger partial charge in [-0.1, -0.05) is 0 Å². The van der Waals surface area contributed by atoms with Gasteiger partial charge in [-0.3, -0.25) is 14.5 Å². The zero-order valence-corrected chi connectivity index (χ0v) is 14.4. The number of carbonyl (C=O) groups is 3. The lowest BCUT2D eigenvalue weighted by molar-refractivity contribution is -0.119. The van der Waals surface area contributed by atoms with Gasteiger partial charge in [0.25, 0.3) is 0 Å². The van der Waals surface area contributed by atoms with Gasteiger partial charge in [0.1, 0.15) is 11.3 Å². The van der Waals surface area contributed by atoms with Gasteiger partial charge in [0, 0.05) is 0 Å². The number of amides is 1. The fourth-order valence-corrected chi connectivity index (χ4v) is 2.30. The molecule has 0 aromatic carbocycles. The average molecular weight is 311 g/mol. The van der Waals surface area contributed by atoms with Crippen molar-refractivity contribution >= 4 is 17.7 Å². The summed E-state index contributed by atoms with van der Waals surface area (Å²) in [7, 11) is 0. The van der Waals surface area contributed by atoms with Crippen LogP contribution in [-0.2, 0) is 19.1 Å². The molecule has 0 aliphatic carbocycles. The molecule has 0 radical (unpaired) electrons. The van der Waals surface area contributed by atoms with E-state index in [0.717, 1.165) is 0 Å². The highest BCUT2D eigenvalue weighted by Gasteiger charge is 2.45. The van der Waals surface area contributed by atoms with E-state index in [4.69, 9.17) is 9.47 Å². The summed E-state index contributed by atoms with van der Waals surface area (Å²) in [5.74, 6) is -0.664. The lowest BCUT2D eigenvalue weighted by Crippen LogP contribution is -2.49. The van der Waals surface area contributed by atoms with E-state index in [1.54, 1.807) is 34.6 Å². The minimum atomic E-state index is -0.873. The minimum absolute atomic E-state index is 0.0693. The molecule has 0 saturated carbocycles. The number of hydrogen-bond acceptors (Lipinski definition) is 5. The monoisotopic (exact) mass is 311 g/mol. The molecule has 1 saturated heterocycles. The topological polar surface area (TPSA) is 72.9 Å². The van der Waals surface area contributed by atoms with Crippen LogP contribution < -0.4 is 0 Å². The fraction of sp³-hybridized carbons (Fsp3) is 0.688. The lowest BCUT2D eigenvalue weighted by Gasteiger charge is -2.34. The number of carbonyl (C=O) groups excluding carboxylic acids is 3. The van der Waals surface area contributed by atoms with Crippen LogP contribution in [0.1, 0.15) is 48.5 Å². The van der Waals surface area contributed by atoms with Crippen molar-refractivity contribution < 1.29 is 23.9 Å². The molecule has 6 nitrogen and oxygen atoms in total. The molecule has 0 spiro atoms. The van der Waals surface area contributed by atoms with Gasteiger partial charge in [-0.25, -0.2) is 4.79 Å². The van der Waals surface area contributed by atoms with Crippen LogP contribution in [-0.4, -0.2) is 46.5 Å². The average Bonchev–Trinajstić information content (AvgIpc) is 2.58. The van der Waals surface area contributed by atoms with Crippen molar-refractivity contribution in [3.05, 3.63) is 11.6 Å². The van der Waals surface area contributed by atoms with Gasteiger partial charge in [0.15, 0.2) is 11.6 Å². The van der Waals surface area contributed by atoms with E-state index in [1.165, 1.54) is 24.8 Å². The molecule has 1 aliphatic rings. The van der Waals surface area contributed by atoms with Gasteiger partial charge in [-0.05, 0) is 54.5 Å². The summed E-state index contributed by atoms with van der Waals surface area (Å²) in [4.78, 5) is 37.0. The smallest absolute Gasteiger partial charge is 0.413 e. The number of allylic oxidation sites excluding steroid dienone is 1. The highest BCUT2D eigenvalue weighted by molar-refractivity contribution is 6.18. The third kappa shape index (κ3) is 4.40. The predicted molar refractivity (Wildman–Crippen MR) is 81.3 cm³/mol. The highest BCUT2D eigenvalue weighted by atomic mass is 16.6. The Bertz CT molecular complexity index is 497. The van der Waals surface area contributed by atoms with Crippen molar-refractivity contribution in [3.63, 3.8) is 0 Å². The van der Waals surface area contributed by atoms with Crippen molar-refractivity contribution in [1.29, 1.82) is 0 Å². The van der Waals surface area contributed by atoms with Crippen LogP contribution in [0.2, 0.25) is 0 Å². The van der Waals surface area contributed by atoms with Gasteiger partial charge in [0.05, 0.1) is 18.2 Å². The van der Waals surface area contributed by atoms with Crippen LogP contribution in [0.25, 0.3) is 0 Å². The Morgan fingerprint density at radius 1 is 1.18 bits per heavy atom. The number of ketones is 2. The second-order valence-electron chi connectivity index (χ2n) is 6.87. The number of Topliss-reactive ketones (excluding diaryl/α,β-unsaturated/α-hetero) is 2. The fourth-order valence-electron chi connectivity index (χ4n) is 2.30. The van der Waals surface area contributed by atoms with Crippen molar-refractivity contribution in [1.82, 2.24) is 4.90 Å². The molecule has 0 bridgehead atoms. The van der Waals surface area contributed by atoms with Crippen LogP contribution in [0.4, 0.5) is 4.79 Å². The van der Waals surface area contributed by atoms with E-state index >= 15 is 0 Å². The van der Waals surface area contributed by atoms with E-state index in [9.17, 15) is 14.4 Å². The summed E-state index contributed by atoms with van der Waals surface area (Å²) in [5, 5.41) is 0. The summed E-state index contributed by atoms with van der Waals surface area (Å²) in [5.41, 5.74) is -1.45. The molecule has 1 aliphatic heterocycles. The second kappa shape index (κ2) is 6.20. The first kappa shape index (κ1) is 18.4. The Kier molecular flexibility index (Phi) is 5.18. The lowest BCUT2D eigenvalue weighted by atomic mass is 10.0. The quantitative estimate of drug-likeness (QED) is 0.455. The zero-order valence-electron chi connectivity index (χ0n) is 14.4. The molecule has 6 heteroatoms. The number of nitrogens with zero attached hydrogens (tertiary/aromatic N) is 1. The Hall–Kier alpha value is -1.69. The molecule has 1 atom stereocenters. The molecule has 0 N–H and O–H groups in total. The first-order valence-electron chi connectivity index (χ1n) is 7.25. The molecule has 0 unspecified atom stereocenters. The second-order valence-corrected chi connectivity index (χ2v) is 6.87. The summed E-state index contributed by atoms with van der Waals surface area (Å²) in [6.07, 6.45) is 0.950. The molecule has 1 fully saturated rings.